The van der Waals surface area contributed by atoms with E-state index in [4.69, 9.17) is 10.2 Å². The van der Waals surface area contributed by atoms with Crippen molar-refractivity contribution in [2.45, 2.75) is 20.3 Å². The van der Waals surface area contributed by atoms with E-state index in [0.717, 1.165) is 6.42 Å². The fourth-order valence-corrected chi connectivity index (χ4v) is 1.00. The number of carboxylic acid groups (broad SMARTS) is 2. The maximum atomic E-state index is 10.3. The predicted octanol–water partition coefficient (Wildman–Crippen LogP) is 2.04. The van der Waals surface area contributed by atoms with Crippen LogP contribution in [0.25, 0.3) is 0 Å². The standard InChI is InChI=1S/C8H6O4.C5H10O2/c9-7(10)5-1-2-6(4-3-5)8(11)12;1-3-4-7-5(2)6/h1-4H,(H,9,10)(H,11,12);3-4H2,1-2H3. The zero-order valence-electron chi connectivity index (χ0n) is 10.8. The second-order valence-corrected chi connectivity index (χ2v) is 3.53. The van der Waals surface area contributed by atoms with Crippen molar-refractivity contribution in [2.24, 2.45) is 0 Å². The number of hydrogen-bond acceptors (Lipinski definition) is 4. The number of hydrogen-bond donors (Lipinski definition) is 2. The van der Waals surface area contributed by atoms with E-state index in [-0.39, 0.29) is 17.1 Å². The molecule has 1 aromatic carbocycles. The van der Waals surface area contributed by atoms with Crippen molar-refractivity contribution in [3.63, 3.8) is 0 Å². The molecule has 0 saturated heterocycles. The Morgan fingerprint density at radius 3 is 1.53 bits per heavy atom. The van der Waals surface area contributed by atoms with Gasteiger partial charge in [-0.25, -0.2) is 9.59 Å². The summed E-state index contributed by atoms with van der Waals surface area (Å²) in [5.74, 6) is -2.32. The highest BCUT2D eigenvalue weighted by atomic mass is 16.5. The first kappa shape index (κ1) is 16.6. The van der Waals surface area contributed by atoms with E-state index in [0.29, 0.717) is 6.61 Å². The van der Waals surface area contributed by atoms with Gasteiger partial charge >= 0.3 is 17.9 Å². The third-order valence-electron chi connectivity index (χ3n) is 1.89. The quantitative estimate of drug-likeness (QED) is 0.810. The molecule has 0 aliphatic carbocycles. The monoisotopic (exact) mass is 268 g/mol. The van der Waals surface area contributed by atoms with Gasteiger partial charge in [0.2, 0.25) is 0 Å². The fraction of sp³-hybridized carbons (Fsp3) is 0.308. The summed E-state index contributed by atoms with van der Waals surface area (Å²) in [4.78, 5) is 30.6. The molecule has 0 spiro atoms. The van der Waals surface area contributed by atoms with Gasteiger partial charge in [0.1, 0.15) is 0 Å². The molecule has 0 amide bonds. The molecule has 0 atom stereocenters. The van der Waals surface area contributed by atoms with Crippen LogP contribution in [0.15, 0.2) is 24.3 Å². The van der Waals surface area contributed by atoms with Crippen LogP contribution in [0.1, 0.15) is 41.0 Å². The van der Waals surface area contributed by atoms with Crippen molar-refractivity contribution in [1.29, 1.82) is 0 Å². The molecule has 0 bridgehead atoms. The van der Waals surface area contributed by atoms with Gasteiger partial charge in [-0.2, -0.15) is 0 Å². The normalized spacial score (nSPS) is 8.95. The summed E-state index contributed by atoms with van der Waals surface area (Å²) in [5.41, 5.74) is 0.167. The first-order valence-corrected chi connectivity index (χ1v) is 5.58. The van der Waals surface area contributed by atoms with Crippen LogP contribution in [0.3, 0.4) is 0 Å². The Labute approximate surface area is 110 Å². The van der Waals surface area contributed by atoms with Gasteiger partial charge in [0, 0.05) is 6.92 Å². The topological polar surface area (TPSA) is 101 Å². The lowest BCUT2D eigenvalue weighted by atomic mass is 10.1. The van der Waals surface area contributed by atoms with Crippen LogP contribution in [0.2, 0.25) is 0 Å². The summed E-state index contributed by atoms with van der Waals surface area (Å²) in [6.45, 7) is 3.92. The number of rotatable bonds is 4. The molecule has 104 valence electrons. The minimum absolute atomic E-state index is 0.0833. The van der Waals surface area contributed by atoms with Crippen LogP contribution >= 0.6 is 0 Å². The minimum atomic E-state index is -1.06. The zero-order chi connectivity index (χ0) is 14.8. The van der Waals surface area contributed by atoms with Crippen LogP contribution in [-0.2, 0) is 9.53 Å². The van der Waals surface area contributed by atoms with Crippen molar-refractivity contribution in [1.82, 2.24) is 0 Å². The maximum absolute atomic E-state index is 10.3. The third-order valence-corrected chi connectivity index (χ3v) is 1.89. The molecular weight excluding hydrogens is 252 g/mol. The predicted molar refractivity (Wildman–Crippen MR) is 67.3 cm³/mol. The van der Waals surface area contributed by atoms with Gasteiger partial charge in [0.25, 0.3) is 0 Å². The van der Waals surface area contributed by atoms with Gasteiger partial charge in [0.05, 0.1) is 17.7 Å². The Hall–Kier alpha value is -2.37. The Kier molecular flexibility index (Phi) is 7.60. The molecular formula is C13H16O6. The van der Waals surface area contributed by atoms with E-state index in [2.05, 4.69) is 4.74 Å². The van der Waals surface area contributed by atoms with Gasteiger partial charge in [-0.05, 0) is 30.7 Å². The molecule has 0 aliphatic heterocycles. The van der Waals surface area contributed by atoms with Crippen molar-refractivity contribution in [3.05, 3.63) is 35.4 Å². The molecule has 6 nitrogen and oxygen atoms in total. The molecule has 0 heterocycles. The fourth-order valence-electron chi connectivity index (χ4n) is 1.00. The summed E-state index contributed by atoms with van der Waals surface area (Å²) in [6, 6.07) is 5.02. The lowest BCUT2D eigenvalue weighted by Crippen LogP contribution is -1.99. The molecule has 0 aromatic heterocycles. The first-order chi connectivity index (χ1) is 8.88. The van der Waals surface area contributed by atoms with Gasteiger partial charge in [0.15, 0.2) is 0 Å². The van der Waals surface area contributed by atoms with Gasteiger partial charge < -0.3 is 14.9 Å². The van der Waals surface area contributed by atoms with Crippen molar-refractivity contribution < 1.29 is 29.3 Å². The largest absolute Gasteiger partial charge is 0.478 e. The lowest BCUT2D eigenvalue weighted by Gasteiger charge is -1.94. The highest BCUT2D eigenvalue weighted by molar-refractivity contribution is 5.91. The van der Waals surface area contributed by atoms with E-state index in [1.165, 1.54) is 31.2 Å². The Bertz CT molecular complexity index is 402. The smallest absolute Gasteiger partial charge is 0.335 e. The second-order valence-electron chi connectivity index (χ2n) is 3.53. The minimum Gasteiger partial charge on any atom is -0.478 e. The van der Waals surface area contributed by atoms with Crippen molar-refractivity contribution in [2.75, 3.05) is 6.61 Å². The van der Waals surface area contributed by atoms with Gasteiger partial charge in [-0.1, -0.05) is 6.92 Å². The second kappa shape index (κ2) is 8.68. The molecule has 0 unspecified atom stereocenters. The van der Waals surface area contributed by atoms with E-state index in [1.807, 2.05) is 6.92 Å². The van der Waals surface area contributed by atoms with Crippen LogP contribution < -0.4 is 0 Å². The van der Waals surface area contributed by atoms with Gasteiger partial charge in [-0.15, -0.1) is 0 Å². The number of benzene rings is 1. The van der Waals surface area contributed by atoms with E-state index in [1.54, 1.807) is 0 Å². The highest BCUT2D eigenvalue weighted by Gasteiger charge is 2.04. The maximum Gasteiger partial charge on any atom is 0.335 e. The highest BCUT2D eigenvalue weighted by Crippen LogP contribution is 2.03. The Morgan fingerprint density at radius 2 is 1.37 bits per heavy atom. The van der Waals surface area contributed by atoms with Gasteiger partial charge in [-0.3, -0.25) is 4.79 Å². The molecule has 2 N–H and O–H groups in total. The summed E-state index contributed by atoms with van der Waals surface area (Å²) in [7, 11) is 0. The molecule has 6 heteroatoms. The van der Waals surface area contributed by atoms with E-state index < -0.39 is 11.9 Å². The average Bonchev–Trinajstić information content (AvgIpc) is 2.37. The molecule has 0 fully saturated rings. The Balaban J connectivity index is 0.000000399. The number of aromatic carboxylic acids is 2. The number of carboxylic acids is 2. The molecule has 0 aliphatic rings. The van der Waals surface area contributed by atoms with Crippen molar-refractivity contribution >= 4 is 17.9 Å². The van der Waals surface area contributed by atoms with E-state index >= 15 is 0 Å². The zero-order valence-corrected chi connectivity index (χ0v) is 10.8. The summed E-state index contributed by atoms with van der Waals surface area (Å²) < 4.78 is 4.55. The summed E-state index contributed by atoms with van der Waals surface area (Å²) in [5, 5.41) is 16.9. The number of esters is 1. The summed E-state index contributed by atoms with van der Waals surface area (Å²) >= 11 is 0. The molecule has 19 heavy (non-hydrogen) atoms. The van der Waals surface area contributed by atoms with Crippen LogP contribution in [0, 0.1) is 0 Å². The first-order valence-electron chi connectivity index (χ1n) is 5.58. The number of ether oxygens (including phenoxy) is 1. The molecule has 0 saturated carbocycles. The summed E-state index contributed by atoms with van der Waals surface area (Å²) in [6.07, 6.45) is 0.902. The third kappa shape index (κ3) is 7.54. The van der Waals surface area contributed by atoms with E-state index in [9.17, 15) is 14.4 Å². The number of carbonyl (C=O) groups is 3. The lowest BCUT2D eigenvalue weighted by molar-refractivity contribution is -0.140. The van der Waals surface area contributed by atoms with Crippen LogP contribution in [0.4, 0.5) is 0 Å². The number of carbonyl (C=O) groups excluding carboxylic acids is 1. The Morgan fingerprint density at radius 1 is 1.00 bits per heavy atom. The molecule has 0 radical (unpaired) electrons. The van der Waals surface area contributed by atoms with Crippen LogP contribution in [0.5, 0.6) is 0 Å². The van der Waals surface area contributed by atoms with Crippen LogP contribution in [-0.4, -0.2) is 34.7 Å². The average molecular weight is 268 g/mol. The van der Waals surface area contributed by atoms with Crippen molar-refractivity contribution in [3.8, 4) is 0 Å². The molecule has 1 rings (SSSR count). The molecule has 1 aromatic rings. The SMILES string of the molecule is CCCOC(C)=O.O=C(O)c1ccc(C(=O)O)cc1.